The predicted molar refractivity (Wildman–Crippen MR) is 114 cm³/mol. The highest BCUT2D eigenvalue weighted by molar-refractivity contribution is 5.82. The third kappa shape index (κ3) is 2.85. The van der Waals surface area contributed by atoms with E-state index in [0.29, 0.717) is 11.7 Å². The summed E-state index contributed by atoms with van der Waals surface area (Å²) in [4.78, 5) is 17.5. The lowest BCUT2D eigenvalue weighted by Crippen LogP contribution is -2.36. The summed E-state index contributed by atoms with van der Waals surface area (Å²) in [5.41, 5.74) is 9.83. The molecule has 6 rings (SSSR count). The first kappa shape index (κ1) is 17.7. The van der Waals surface area contributed by atoms with E-state index in [9.17, 15) is 0 Å². The Morgan fingerprint density at radius 1 is 0.935 bits per heavy atom. The van der Waals surface area contributed by atoms with Crippen molar-refractivity contribution in [2.24, 2.45) is 0 Å². The summed E-state index contributed by atoms with van der Waals surface area (Å²) in [6.45, 7) is 0. The molecule has 0 bridgehead atoms. The van der Waals surface area contributed by atoms with Gasteiger partial charge in [0.05, 0.1) is 22.8 Å². The van der Waals surface area contributed by atoms with E-state index in [1.54, 1.807) is 18.6 Å². The minimum Gasteiger partial charge on any atom is -0.368 e. The second-order valence-corrected chi connectivity index (χ2v) is 7.79. The standard InChI is InChI=1S/C22H18N8O/c23-21-25-9-15(10-26-21)17-5-3-16(12-24-17)22(6-1-7-22)20-28-19(31-30-20)13-2-4-18-14(8-13)11-27-29-18/h2-5,8-12H,1,6-7H2,(H,27,29)(H2,23,25,26). The quantitative estimate of drug-likeness (QED) is 0.460. The average molecular weight is 410 g/mol. The maximum Gasteiger partial charge on any atom is 0.257 e. The molecule has 0 radical (unpaired) electrons. The number of aromatic amines is 1. The normalized spacial score (nSPS) is 15.1. The van der Waals surface area contributed by atoms with Gasteiger partial charge in [0, 0.05) is 35.1 Å². The van der Waals surface area contributed by atoms with Gasteiger partial charge in [0.2, 0.25) is 5.95 Å². The fourth-order valence-electron chi connectivity index (χ4n) is 4.10. The van der Waals surface area contributed by atoms with E-state index in [0.717, 1.165) is 52.5 Å². The van der Waals surface area contributed by atoms with Gasteiger partial charge in [0.1, 0.15) is 0 Å². The fourth-order valence-corrected chi connectivity index (χ4v) is 4.10. The molecule has 4 aromatic heterocycles. The molecule has 0 unspecified atom stereocenters. The Kier molecular flexibility index (Phi) is 3.82. The van der Waals surface area contributed by atoms with Crippen LogP contribution in [0.5, 0.6) is 0 Å². The number of H-pyrrole nitrogens is 1. The third-order valence-corrected chi connectivity index (χ3v) is 6.03. The molecule has 1 aliphatic rings. The molecule has 1 fully saturated rings. The average Bonchev–Trinajstić information content (AvgIpc) is 3.43. The summed E-state index contributed by atoms with van der Waals surface area (Å²) in [6.07, 6.45) is 10.0. The Hall–Kier alpha value is -4.14. The van der Waals surface area contributed by atoms with Crippen LogP contribution in [0, 0.1) is 0 Å². The topological polar surface area (TPSA) is 132 Å². The Morgan fingerprint density at radius 3 is 2.55 bits per heavy atom. The number of benzene rings is 1. The van der Waals surface area contributed by atoms with Crippen LogP contribution in [0.1, 0.15) is 30.7 Å². The first-order valence-electron chi connectivity index (χ1n) is 10.0. The van der Waals surface area contributed by atoms with Gasteiger partial charge in [-0.2, -0.15) is 10.1 Å². The molecule has 4 heterocycles. The van der Waals surface area contributed by atoms with Crippen LogP contribution in [0.25, 0.3) is 33.6 Å². The van der Waals surface area contributed by atoms with Gasteiger partial charge in [-0.05, 0) is 42.7 Å². The molecule has 31 heavy (non-hydrogen) atoms. The Bertz CT molecular complexity index is 1370. The molecule has 9 heteroatoms. The third-order valence-electron chi connectivity index (χ3n) is 6.03. The van der Waals surface area contributed by atoms with Gasteiger partial charge in [0.15, 0.2) is 5.82 Å². The van der Waals surface area contributed by atoms with Crippen molar-refractivity contribution in [3.63, 3.8) is 0 Å². The lowest BCUT2D eigenvalue weighted by Gasteiger charge is -2.39. The van der Waals surface area contributed by atoms with Crippen molar-refractivity contribution in [3.05, 3.63) is 66.5 Å². The zero-order chi connectivity index (χ0) is 20.8. The summed E-state index contributed by atoms with van der Waals surface area (Å²) in [5.74, 6) is 1.45. The van der Waals surface area contributed by atoms with Crippen LogP contribution in [0.3, 0.4) is 0 Å². The predicted octanol–water partition coefficient (Wildman–Crippen LogP) is 3.52. The SMILES string of the molecule is Nc1ncc(-c2ccc(C3(c4noc(-c5ccc6[nH]ncc6c5)n4)CCC3)cn2)cn1. The van der Waals surface area contributed by atoms with E-state index in [1.807, 2.05) is 30.5 Å². The Morgan fingerprint density at radius 2 is 1.81 bits per heavy atom. The van der Waals surface area contributed by atoms with E-state index < -0.39 is 0 Å². The van der Waals surface area contributed by atoms with E-state index in [1.165, 1.54) is 0 Å². The number of rotatable bonds is 4. The summed E-state index contributed by atoms with van der Waals surface area (Å²) in [7, 11) is 0. The van der Waals surface area contributed by atoms with Crippen molar-refractivity contribution < 1.29 is 4.52 Å². The summed E-state index contributed by atoms with van der Waals surface area (Å²) in [5, 5.41) is 12.4. The molecule has 152 valence electrons. The zero-order valence-corrected chi connectivity index (χ0v) is 16.5. The number of nitrogens with one attached hydrogen (secondary N) is 1. The van der Waals surface area contributed by atoms with Crippen molar-refractivity contribution in [3.8, 4) is 22.7 Å². The van der Waals surface area contributed by atoms with Crippen molar-refractivity contribution in [1.29, 1.82) is 0 Å². The molecule has 0 saturated heterocycles. The summed E-state index contributed by atoms with van der Waals surface area (Å²) >= 11 is 0. The second kappa shape index (κ2) is 6.69. The molecular formula is C22H18N8O. The lowest BCUT2D eigenvalue weighted by molar-refractivity contribution is 0.272. The molecule has 0 amide bonds. The molecule has 0 atom stereocenters. The van der Waals surface area contributed by atoms with Crippen molar-refractivity contribution in [2.75, 3.05) is 5.73 Å². The van der Waals surface area contributed by atoms with Gasteiger partial charge in [-0.25, -0.2) is 9.97 Å². The molecule has 1 aliphatic carbocycles. The van der Waals surface area contributed by atoms with Crippen molar-refractivity contribution >= 4 is 16.9 Å². The number of pyridine rings is 1. The number of aromatic nitrogens is 7. The zero-order valence-electron chi connectivity index (χ0n) is 16.5. The largest absolute Gasteiger partial charge is 0.368 e. The number of nitrogens with zero attached hydrogens (tertiary/aromatic N) is 6. The smallest absolute Gasteiger partial charge is 0.257 e. The molecule has 0 aliphatic heterocycles. The van der Waals surface area contributed by atoms with E-state index in [4.69, 9.17) is 15.2 Å². The van der Waals surface area contributed by atoms with Crippen LogP contribution in [-0.4, -0.2) is 35.3 Å². The van der Waals surface area contributed by atoms with Crippen LogP contribution in [0.15, 0.2) is 59.6 Å². The van der Waals surface area contributed by atoms with Gasteiger partial charge in [-0.1, -0.05) is 17.6 Å². The molecular weight excluding hydrogens is 392 g/mol. The highest BCUT2D eigenvalue weighted by Crippen LogP contribution is 2.48. The molecule has 9 nitrogen and oxygen atoms in total. The van der Waals surface area contributed by atoms with Gasteiger partial charge in [-0.3, -0.25) is 10.1 Å². The van der Waals surface area contributed by atoms with Crippen LogP contribution < -0.4 is 5.73 Å². The van der Waals surface area contributed by atoms with Gasteiger partial charge in [-0.15, -0.1) is 0 Å². The number of hydrogen-bond acceptors (Lipinski definition) is 8. The molecule has 1 saturated carbocycles. The molecule has 1 aromatic carbocycles. The van der Waals surface area contributed by atoms with Crippen molar-refractivity contribution in [1.82, 2.24) is 35.3 Å². The summed E-state index contributed by atoms with van der Waals surface area (Å²) in [6, 6.07) is 9.96. The van der Waals surface area contributed by atoms with Crippen molar-refractivity contribution in [2.45, 2.75) is 24.7 Å². The lowest BCUT2D eigenvalue weighted by atomic mass is 9.64. The molecule has 5 aromatic rings. The molecule has 0 spiro atoms. The number of anilines is 1. The number of nitrogens with two attached hydrogens (primary N) is 1. The first-order chi connectivity index (χ1) is 15.2. The van der Waals surface area contributed by atoms with E-state index >= 15 is 0 Å². The number of fused-ring (bicyclic) bond motifs is 1. The van der Waals surface area contributed by atoms with Gasteiger partial charge in [0.25, 0.3) is 5.89 Å². The monoisotopic (exact) mass is 410 g/mol. The fraction of sp³-hybridized carbons (Fsp3) is 0.182. The van der Waals surface area contributed by atoms with Crippen LogP contribution >= 0.6 is 0 Å². The maximum absolute atomic E-state index is 5.64. The summed E-state index contributed by atoms with van der Waals surface area (Å²) < 4.78 is 5.64. The molecule has 3 N–H and O–H groups in total. The van der Waals surface area contributed by atoms with Crippen LogP contribution in [0.4, 0.5) is 5.95 Å². The Balaban J connectivity index is 1.33. The van der Waals surface area contributed by atoms with Crippen LogP contribution in [-0.2, 0) is 5.41 Å². The van der Waals surface area contributed by atoms with E-state index in [2.05, 4.69) is 36.4 Å². The van der Waals surface area contributed by atoms with E-state index in [-0.39, 0.29) is 11.4 Å². The second-order valence-electron chi connectivity index (χ2n) is 7.79. The Labute approximate surface area is 176 Å². The van der Waals surface area contributed by atoms with Gasteiger partial charge >= 0.3 is 0 Å². The maximum atomic E-state index is 5.64. The minimum absolute atomic E-state index is 0.244. The highest BCUT2D eigenvalue weighted by atomic mass is 16.5. The highest BCUT2D eigenvalue weighted by Gasteiger charge is 2.44. The number of nitrogen functional groups attached to an aromatic ring is 1. The van der Waals surface area contributed by atoms with Gasteiger partial charge < -0.3 is 10.3 Å². The first-order valence-corrected chi connectivity index (χ1v) is 10.0. The number of hydrogen-bond donors (Lipinski definition) is 2. The van der Waals surface area contributed by atoms with Crippen LogP contribution in [0.2, 0.25) is 0 Å². The minimum atomic E-state index is -0.273.